The number of nitrogens with zero attached hydrogens (tertiary/aromatic N) is 4. The Morgan fingerprint density at radius 1 is 0.786 bits per heavy atom. The van der Waals surface area contributed by atoms with Gasteiger partial charge >= 0.3 is 0 Å². The summed E-state index contributed by atoms with van der Waals surface area (Å²) in [6, 6.07) is 21.7. The van der Waals surface area contributed by atoms with Gasteiger partial charge in [0.25, 0.3) is 0 Å². The van der Waals surface area contributed by atoms with Gasteiger partial charge in [-0.2, -0.15) is 0 Å². The van der Waals surface area contributed by atoms with Crippen molar-refractivity contribution >= 4 is 11.4 Å². The van der Waals surface area contributed by atoms with Crippen molar-refractivity contribution in [2.45, 2.75) is 0 Å². The van der Waals surface area contributed by atoms with Gasteiger partial charge in [0.15, 0.2) is 0 Å². The molecule has 0 radical (unpaired) electrons. The van der Waals surface area contributed by atoms with Crippen LogP contribution in [0.4, 0.5) is 11.4 Å². The van der Waals surface area contributed by atoms with E-state index in [9.17, 15) is 0 Å². The van der Waals surface area contributed by atoms with Gasteiger partial charge < -0.3 is 14.7 Å². The lowest BCUT2D eigenvalue weighted by atomic mass is 10.0. The van der Waals surface area contributed by atoms with Crippen molar-refractivity contribution in [3.63, 3.8) is 0 Å². The third kappa shape index (κ3) is 4.02. The van der Waals surface area contributed by atoms with Crippen molar-refractivity contribution in [3.05, 3.63) is 66.9 Å². The topological polar surface area (TPSA) is 22.6 Å². The summed E-state index contributed by atoms with van der Waals surface area (Å²) in [6.45, 7) is 4.35. The second-order valence-corrected chi connectivity index (χ2v) is 7.71. The van der Waals surface area contributed by atoms with Crippen LogP contribution in [0.2, 0.25) is 0 Å². The lowest BCUT2D eigenvalue weighted by molar-refractivity contribution is 0.313. The molecule has 4 nitrogen and oxygen atoms in total. The molecule has 1 aliphatic heterocycles. The minimum Gasteiger partial charge on any atom is -0.378 e. The lowest BCUT2D eigenvalue weighted by Crippen LogP contribution is -2.44. The molecule has 2 heterocycles. The molecule has 4 heteroatoms. The highest BCUT2D eigenvalue weighted by Crippen LogP contribution is 2.28. The Labute approximate surface area is 168 Å². The minimum atomic E-state index is 1.03. The first-order valence-corrected chi connectivity index (χ1v) is 9.88. The lowest BCUT2D eigenvalue weighted by Gasteiger charge is -2.34. The Kier molecular flexibility index (Phi) is 5.31. The van der Waals surface area contributed by atoms with Gasteiger partial charge in [-0.25, -0.2) is 0 Å². The molecule has 3 aromatic rings. The first-order valence-electron chi connectivity index (χ1n) is 9.88. The zero-order valence-electron chi connectivity index (χ0n) is 17.0. The minimum absolute atomic E-state index is 1.03. The van der Waals surface area contributed by atoms with Gasteiger partial charge in [-0.15, -0.1) is 0 Å². The molecule has 1 aliphatic rings. The first-order chi connectivity index (χ1) is 13.6. The molecule has 28 heavy (non-hydrogen) atoms. The molecule has 0 saturated carbocycles. The summed E-state index contributed by atoms with van der Waals surface area (Å²) < 4.78 is 0. The molecule has 0 aliphatic carbocycles. The number of benzene rings is 2. The van der Waals surface area contributed by atoms with E-state index >= 15 is 0 Å². The van der Waals surface area contributed by atoms with Crippen molar-refractivity contribution < 1.29 is 0 Å². The van der Waals surface area contributed by atoms with Crippen molar-refractivity contribution in [3.8, 4) is 22.4 Å². The maximum absolute atomic E-state index is 4.65. The van der Waals surface area contributed by atoms with E-state index in [1.807, 2.05) is 6.20 Å². The molecule has 1 saturated heterocycles. The van der Waals surface area contributed by atoms with Crippen LogP contribution in [0.3, 0.4) is 0 Å². The molecule has 0 bridgehead atoms. The number of likely N-dealkylation sites (N-methyl/N-ethyl adjacent to an activating group) is 1. The SMILES string of the molecule is CN1CCN(c2ccnc(-c3cccc(-c4ccc(N(C)C)cc4)c3)c2)CC1. The summed E-state index contributed by atoms with van der Waals surface area (Å²) in [5.41, 5.74) is 7.10. The van der Waals surface area contributed by atoms with Gasteiger partial charge in [-0.1, -0.05) is 30.3 Å². The third-order valence-corrected chi connectivity index (χ3v) is 5.49. The Hall–Kier alpha value is -2.85. The fraction of sp³-hybridized carbons (Fsp3) is 0.292. The Bertz CT molecular complexity index is 925. The summed E-state index contributed by atoms with van der Waals surface area (Å²) in [4.78, 5) is 11.6. The second-order valence-electron chi connectivity index (χ2n) is 7.71. The van der Waals surface area contributed by atoms with Gasteiger partial charge in [0, 0.05) is 63.4 Å². The Morgan fingerprint density at radius 2 is 1.50 bits per heavy atom. The standard InChI is InChI=1S/C24H28N4/c1-26(2)22-9-7-19(8-10-22)20-5-4-6-21(17-20)24-18-23(11-12-25-24)28-15-13-27(3)14-16-28/h4-12,17-18H,13-16H2,1-3H3. The number of hydrogen-bond donors (Lipinski definition) is 0. The molecule has 0 atom stereocenters. The Balaban J connectivity index is 1.60. The predicted octanol–water partition coefficient (Wildman–Crippen LogP) is 4.23. The fourth-order valence-electron chi connectivity index (χ4n) is 3.65. The molecule has 0 spiro atoms. The summed E-state index contributed by atoms with van der Waals surface area (Å²) >= 11 is 0. The quantitative estimate of drug-likeness (QED) is 0.683. The van der Waals surface area contributed by atoms with E-state index in [1.165, 1.54) is 22.5 Å². The molecule has 0 N–H and O–H groups in total. The molecule has 2 aromatic carbocycles. The van der Waals surface area contributed by atoms with E-state index in [0.717, 1.165) is 37.4 Å². The van der Waals surface area contributed by atoms with Crippen LogP contribution in [0.1, 0.15) is 0 Å². The molecular formula is C24H28N4. The van der Waals surface area contributed by atoms with Crippen LogP contribution >= 0.6 is 0 Å². The fourth-order valence-corrected chi connectivity index (χ4v) is 3.65. The molecule has 0 amide bonds. The van der Waals surface area contributed by atoms with Crippen LogP contribution in [0, 0.1) is 0 Å². The molecule has 144 valence electrons. The van der Waals surface area contributed by atoms with E-state index in [4.69, 9.17) is 0 Å². The number of piperazine rings is 1. The summed E-state index contributed by atoms with van der Waals surface area (Å²) in [5.74, 6) is 0. The number of pyridine rings is 1. The molecular weight excluding hydrogens is 344 g/mol. The van der Waals surface area contributed by atoms with Crippen molar-refractivity contribution in [2.75, 3.05) is 57.1 Å². The third-order valence-electron chi connectivity index (χ3n) is 5.49. The summed E-state index contributed by atoms with van der Waals surface area (Å²) in [6.07, 6.45) is 1.93. The van der Waals surface area contributed by atoms with Crippen LogP contribution < -0.4 is 9.80 Å². The number of anilines is 2. The van der Waals surface area contributed by atoms with Crippen LogP contribution in [-0.2, 0) is 0 Å². The van der Waals surface area contributed by atoms with Crippen LogP contribution in [0.15, 0.2) is 66.9 Å². The van der Waals surface area contributed by atoms with Gasteiger partial charge in [-0.3, -0.25) is 4.98 Å². The largest absolute Gasteiger partial charge is 0.378 e. The molecule has 1 aromatic heterocycles. The smallest absolute Gasteiger partial charge is 0.0722 e. The molecule has 0 unspecified atom stereocenters. The highest BCUT2D eigenvalue weighted by molar-refractivity contribution is 5.73. The van der Waals surface area contributed by atoms with E-state index in [-0.39, 0.29) is 0 Å². The van der Waals surface area contributed by atoms with E-state index in [2.05, 4.69) is 101 Å². The van der Waals surface area contributed by atoms with Gasteiger partial charge in [-0.05, 0) is 48.5 Å². The van der Waals surface area contributed by atoms with Crippen molar-refractivity contribution in [1.29, 1.82) is 0 Å². The number of aromatic nitrogens is 1. The van der Waals surface area contributed by atoms with E-state index < -0.39 is 0 Å². The average Bonchev–Trinajstić information content (AvgIpc) is 2.74. The Morgan fingerprint density at radius 3 is 2.21 bits per heavy atom. The highest BCUT2D eigenvalue weighted by Gasteiger charge is 2.15. The van der Waals surface area contributed by atoms with E-state index in [1.54, 1.807) is 0 Å². The second kappa shape index (κ2) is 8.03. The molecule has 4 rings (SSSR count). The number of rotatable bonds is 4. The monoisotopic (exact) mass is 372 g/mol. The maximum atomic E-state index is 4.65. The van der Waals surface area contributed by atoms with Crippen molar-refractivity contribution in [2.24, 2.45) is 0 Å². The zero-order valence-corrected chi connectivity index (χ0v) is 17.0. The maximum Gasteiger partial charge on any atom is 0.0722 e. The zero-order chi connectivity index (χ0) is 19.5. The normalized spacial score (nSPS) is 14.9. The van der Waals surface area contributed by atoms with Crippen LogP contribution in [0.25, 0.3) is 22.4 Å². The average molecular weight is 373 g/mol. The summed E-state index contributed by atoms with van der Waals surface area (Å²) in [7, 11) is 6.31. The molecule has 1 fully saturated rings. The van der Waals surface area contributed by atoms with Crippen LogP contribution in [-0.4, -0.2) is 57.2 Å². The number of hydrogen-bond acceptors (Lipinski definition) is 4. The first kappa shape index (κ1) is 18.5. The van der Waals surface area contributed by atoms with E-state index in [0.29, 0.717) is 0 Å². The van der Waals surface area contributed by atoms with Gasteiger partial charge in [0.05, 0.1) is 5.69 Å². The predicted molar refractivity (Wildman–Crippen MR) is 119 cm³/mol. The highest BCUT2D eigenvalue weighted by atomic mass is 15.2. The van der Waals surface area contributed by atoms with Crippen LogP contribution in [0.5, 0.6) is 0 Å². The summed E-state index contributed by atoms with van der Waals surface area (Å²) in [5, 5.41) is 0. The van der Waals surface area contributed by atoms with Gasteiger partial charge in [0.1, 0.15) is 0 Å². The van der Waals surface area contributed by atoms with Crippen molar-refractivity contribution in [1.82, 2.24) is 9.88 Å². The van der Waals surface area contributed by atoms with Gasteiger partial charge in [0.2, 0.25) is 0 Å².